The molecule has 23 heavy (non-hydrogen) atoms. The fourth-order valence-electron chi connectivity index (χ4n) is 0.903. The molecule has 0 saturated heterocycles. The first-order chi connectivity index (χ1) is 9.61. The SMILES string of the molecule is CC(C)(C)P.Cl.Oc1ccccc1Br.Oc1ccccc1Br.[Cr]. The molecule has 1 unspecified atom stereocenters. The zero-order chi connectivity index (χ0) is 16.5. The number of hydrogen-bond donors (Lipinski definition) is 2. The van der Waals surface area contributed by atoms with Gasteiger partial charge in [0.2, 0.25) is 0 Å². The van der Waals surface area contributed by atoms with E-state index in [2.05, 4.69) is 61.9 Å². The van der Waals surface area contributed by atoms with E-state index in [1.807, 2.05) is 12.1 Å². The van der Waals surface area contributed by atoms with Crippen LogP contribution in [0.1, 0.15) is 20.8 Å². The van der Waals surface area contributed by atoms with E-state index >= 15 is 0 Å². The van der Waals surface area contributed by atoms with Crippen LogP contribution in [0.2, 0.25) is 0 Å². The Balaban J connectivity index is -0.000000258. The Morgan fingerprint density at radius 2 is 1.00 bits per heavy atom. The third-order valence-corrected chi connectivity index (χ3v) is 3.05. The third kappa shape index (κ3) is 18.4. The van der Waals surface area contributed by atoms with Gasteiger partial charge in [-0.2, -0.15) is 0 Å². The van der Waals surface area contributed by atoms with Crippen LogP contribution in [0.4, 0.5) is 0 Å². The molecule has 2 rings (SSSR count). The van der Waals surface area contributed by atoms with Crippen molar-refractivity contribution in [2.75, 3.05) is 0 Å². The van der Waals surface area contributed by atoms with Crippen LogP contribution < -0.4 is 0 Å². The van der Waals surface area contributed by atoms with Crippen molar-refractivity contribution in [3.8, 4) is 11.5 Å². The number of benzene rings is 2. The van der Waals surface area contributed by atoms with E-state index in [9.17, 15) is 0 Å². The fourth-order valence-corrected chi connectivity index (χ4v) is 1.47. The second kappa shape index (κ2) is 14.6. The average molecular weight is 525 g/mol. The van der Waals surface area contributed by atoms with Gasteiger partial charge >= 0.3 is 0 Å². The van der Waals surface area contributed by atoms with Crippen molar-refractivity contribution >= 4 is 53.5 Å². The molecular formula is C16H22Br2ClCrO2P. The smallest absolute Gasteiger partial charge is 0.129 e. The maximum atomic E-state index is 8.87. The number of para-hydroxylation sites is 2. The molecule has 0 radical (unpaired) electrons. The Bertz CT molecular complexity index is 460. The van der Waals surface area contributed by atoms with E-state index < -0.39 is 0 Å². The van der Waals surface area contributed by atoms with Crippen LogP contribution in [0.15, 0.2) is 57.5 Å². The van der Waals surface area contributed by atoms with E-state index in [-0.39, 0.29) is 41.3 Å². The standard InChI is InChI=1S/2C6H5BrO.C4H11P.ClH.Cr/c2*7-5-3-1-2-4-6(5)8;1-4(2,3)5;;/h2*1-4,8H;5H2,1-3H3;1H;. The Morgan fingerprint density at radius 3 is 1.13 bits per heavy atom. The van der Waals surface area contributed by atoms with Crippen molar-refractivity contribution in [3.63, 3.8) is 0 Å². The number of phenolic OH excluding ortho intramolecular Hbond substituents is 2. The normalized spacial score (nSPS) is 8.96. The number of hydrogen-bond acceptors (Lipinski definition) is 2. The molecule has 0 bridgehead atoms. The summed E-state index contributed by atoms with van der Waals surface area (Å²) in [7, 11) is 2.72. The number of phenols is 2. The second-order valence-electron chi connectivity index (χ2n) is 5.27. The summed E-state index contributed by atoms with van der Waals surface area (Å²) in [4.78, 5) is 0. The van der Waals surface area contributed by atoms with Gasteiger partial charge in [-0.3, -0.25) is 0 Å². The van der Waals surface area contributed by atoms with Gasteiger partial charge in [0.1, 0.15) is 11.5 Å². The van der Waals surface area contributed by atoms with Crippen LogP contribution in [0.25, 0.3) is 0 Å². The summed E-state index contributed by atoms with van der Waals surface area (Å²) in [5.41, 5.74) is 0. The van der Waals surface area contributed by atoms with Gasteiger partial charge in [0.15, 0.2) is 0 Å². The molecule has 0 saturated carbocycles. The van der Waals surface area contributed by atoms with Gasteiger partial charge in [-0.1, -0.05) is 45.0 Å². The topological polar surface area (TPSA) is 40.5 Å². The minimum atomic E-state index is 0. The number of halogens is 3. The first-order valence-electron chi connectivity index (χ1n) is 6.27. The van der Waals surface area contributed by atoms with Crippen molar-refractivity contribution < 1.29 is 27.6 Å². The number of aromatic hydroxyl groups is 2. The molecule has 2 N–H and O–H groups in total. The van der Waals surface area contributed by atoms with Gasteiger partial charge in [-0.15, -0.1) is 21.6 Å². The quantitative estimate of drug-likeness (QED) is 0.392. The molecule has 7 heteroatoms. The molecule has 2 aromatic carbocycles. The average Bonchev–Trinajstić information content (AvgIpc) is 2.35. The zero-order valence-electron chi connectivity index (χ0n) is 13.2. The molecule has 2 nitrogen and oxygen atoms in total. The van der Waals surface area contributed by atoms with E-state index in [0.29, 0.717) is 5.16 Å². The van der Waals surface area contributed by atoms with E-state index in [0.717, 1.165) is 8.95 Å². The maximum absolute atomic E-state index is 8.87. The molecule has 130 valence electrons. The largest absolute Gasteiger partial charge is 0.507 e. The summed E-state index contributed by atoms with van der Waals surface area (Å²) in [6, 6.07) is 14.1. The van der Waals surface area contributed by atoms with Gasteiger partial charge in [0.05, 0.1) is 8.95 Å². The van der Waals surface area contributed by atoms with Gasteiger partial charge < -0.3 is 10.2 Å². The second-order valence-corrected chi connectivity index (χ2v) is 8.71. The van der Waals surface area contributed by atoms with Crippen LogP contribution in [-0.2, 0) is 17.4 Å². The monoisotopic (exact) mass is 522 g/mol. The number of rotatable bonds is 0. The Labute approximate surface area is 175 Å². The van der Waals surface area contributed by atoms with Crippen molar-refractivity contribution in [3.05, 3.63) is 57.5 Å². The Kier molecular flexibility index (Phi) is 17.8. The van der Waals surface area contributed by atoms with Crippen LogP contribution in [-0.4, -0.2) is 15.4 Å². The van der Waals surface area contributed by atoms with Crippen molar-refractivity contribution in [2.45, 2.75) is 25.9 Å². The van der Waals surface area contributed by atoms with Crippen LogP contribution in [0.5, 0.6) is 11.5 Å². The molecular weight excluding hydrogens is 502 g/mol. The minimum absolute atomic E-state index is 0. The van der Waals surface area contributed by atoms with Gasteiger partial charge in [-0.25, -0.2) is 0 Å². The summed E-state index contributed by atoms with van der Waals surface area (Å²) < 4.78 is 1.47. The third-order valence-electron chi connectivity index (χ3n) is 1.70. The maximum Gasteiger partial charge on any atom is 0.129 e. The molecule has 0 fully saturated rings. The summed E-state index contributed by atoms with van der Waals surface area (Å²) in [6.45, 7) is 6.45. The predicted molar refractivity (Wildman–Crippen MR) is 108 cm³/mol. The molecule has 0 heterocycles. The van der Waals surface area contributed by atoms with Crippen LogP contribution in [0, 0.1) is 0 Å². The summed E-state index contributed by atoms with van der Waals surface area (Å²) in [5.74, 6) is 0.569. The summed E-state index contributed by atoms with van der Waals surface area (Å²) >= 11 is 6.29. The van der Waals surface area contributed by atoms with Gasteiger partial charge in [0, 0.05) is 17.4 Å². The van der Waals surface area contributed by atoms with Crippen molar-refractivity contribution in [1.82, 2.24) is 0 Å². The molecule has 0 aromatic heterocycles. The Hall–Kier alpha value is 0.252. The van der Waals surface area contributed by atoms with Crippen molar-refractivity contribution in [2.24, 2.45) is 0 Å². The van der Waals surface area contributed by atoms with Crippen LogP contribution in [0.3, 0.4) is 0 Å². The van der Waals surface area contributed by atoms with E-state index in [4.69, 9.17) is 10.2 Å². The zero-order valence-corrected chi connectivity index (χ0v) is 19.6. The predicted octanol–water partition coefficient (Wildman–Crippen LogP) is 6.39. The van der Waals surface area contributed by atoms with E-state index in [1.165, 1.54) is 0 Å². The minimum Gasteiger partial charge on any atom is -0.507 e. The summed E-state index contributed by atoms with van der Waals surface area (Å²) in [6.07, 6.45) is 0. The van der Waals surface area contributed by atoms with Crippen LogP contribution >= 0.6 is 53.5 Å². The fraction of sp³-hybridized carbons (Fsp3) is 0.250. The molecule has 2 aromatic rings. The molecule has 0 spiro atoms. The van der Waals surface area contributed by atoms with Gasteiger partial charge in [-0.05, 0) is 61.3 Å². The molecule has 1 atom stereocenters. The molecule has 0 aliphatic rings. The molecule has 0 amide bonds. The van der Waals surface area contributed by atoms with Crippen molar-refractivity contribution in [1.29, 1.82) is 0 Å². The molecule has 0 aliphatic heterocycles. The molecule has 0 aliphatic carbocycles. The first-order valence-corrected chi connectivity index (χ1v) is 8.43. The van der Waals surface area contributed by atoms with Gasteiger partial charge in [0.25, 0.3) is 0 Å². The first kappa shape index (κ1) is 28.1. The van der Waals surface area contributed by atoms with E-state index in [1.54, 1.807) is 36.4 Å². The summed E-state index contributed by atoms with van der Waals surface area (Å²) in [5, 5.41) is 18.2. The Morgan fingerprint density at radius 1 is 0.783 bits per heavy atom.